The fourth-order valence-electron chi connectivity index (χ4n) is 3.26. The topological polar surface area (TPSA) is 37.0 Å². The molecule has 1 aliphatic rings. The average Bonchev–Trinajstić information content (AvgIpc) is 3.05. The third-order valence-corrected chi connectivity index (χ3v) is 4.72. The van der Waals surface area contributed by atoms with Crippen LogP contribution in [0.25, 0.3) is 0 Å². The highest BCUT2D eigenvalue weighted by Gasteiger charge is 2.36. The number of anilines is 1. The lowest BCUT2D eigenvalue weighted by molar-refractivity contribution is -0.137. The summed E-state index contributed by atoms with van der Waals surface area (Å²) < 4.78 is 37.9. The minimum Gasteiger partial charge on any atom is -0.353 e. The lowest BCUT2D eigenvalue weighted by Crippen LogP contribution is -2.45. The van der Waals surface area contributed by atoms with Gasteiger partial charge in [0, 0.05) is 18.1 Å². The summed E-state index contributed by atoms with van der Waals surface area (Å²) in [5.74, 6) is 0. The summed E-state index contributed by atoms with van der Waals surface area (Å²) in [4.78, 5) is 4.05. The van der Waals surface area contributed by atoms with E-state index < -0.39 is 11.7 Å². The molecule has 2 aromatic rings. The van der Waals surface area contributed by atoms with Gasteiger partial charge in [-0.25, -0.2) is 0 Å². The van der Waals surface area contributed by atoms with Crippen LogP contribution in [0, 0.1) is 0 Å². The quantitative estimate of drug-likeness (QED) is 0.762. The Morgan fingerprint density at radius 2 is 1.60 bits per heavy atom. The highest BCUT2D eigenvalue weighted by molar-refractivity contribution is 7.80. The molecule has 0 radical (unpaired) electrons. The van der Waals surface area contributed by atoms with Gasteiger partial charge in [-0.15, -0.1) is 0 Å². The molecule has 25 heavy (non-hydrogen) atoms. The van der Waals surface area contributed by atoms with E-state index in [1.54, 1.807) is 12.4 Å². The van der Waals surface area contributed by atoms with Gasteiger partial charge >= 0.3 is 6.18 Å². The summed E-state index contributed by atoms with van der Waals surface area (Å²) in [5.41, 5.74) is 0.713. The van der Waals surface area contributed by atoms with Crippen LogP contribution in [0.2, 0.25) is 0 Å². The van der Waals surface area contributed by atoms with Crippen LogP contribution in [0.1, 0.15) is 36.8 Å². The standard InChI is InChI=1S/C18H18F3N3S/c19-18(20,21)14-3-5-15(6-4-14)23-16(25)24-17(9-1-2-10-17)13-7-11-22-12-8-13/h3-8,11-12H,1-2,9-10H2,(H2,23,24,25). The molecule has 1 fully saturated rings. The molecule has 0 saturated heterocycles. The summed E-state index contributed by atoms with van der Waals surface area (Å²) in [6, 6.07) is 8.78. The summed E-state index contributed by atoms with van der Waals surface area (Å²) >= 11 is 5.39. The predicted octanol–water partition coefficient (Wildman–Crippen LogP) is 4.86. The molecule has 7 heteroatoms. The molecule has 0 spiro atoms. The Balaban J connectivity index is 1.71. The molecule has 0 aliphatic heterocycles. The first kappa shape index (κ1) is 17.7. The Bertz CT molecular complexity index is 723. The van der Waals surface area contributed by atoms with E-state index in [4.69, 9.17) is 12.2 Å². The smallest absolute Gasteiger partial charge is 0.353 e. The van der Waals surface area contributed by atoms with Crippen LogP contribution < -0.4 is 10.6 Å². The summed E-state index contributed by atoms with van der Waals surface area (Å²) in [7, 11) is 0. The molecule has 3 rings (SSSR count). The van der Waals surface area contributed by atoms with Crippen molar-refractivity contribution >= 4 is 23.0 Å². The van der Waals surface area contributed by atoms with Gasteiger partial charge < -0.3 is 10.6 Å². The molecular formula is C18H18F3N3S. The second kappa shape index (κ2) is 7.00. The van der Waals surface area contributed by atoms with Crippen molar-refractivity contribution in [2.24, 2.45) is 0 Å². The Morgan fingerprint density at radius 3 is 2.16 bits per heavy atom. The van der Waals surface area contributed by atoms with E-state index >= 15 is 0 Å². The van der Waals surface area contributed by atoms with Crippen molar-refractivity contribution in [3.8, 4) is 0 Å². The maximum atomic E-state index is 12.6. The van der Waals surface area contributed by atoms with Gasteiger partial charge in [0.15, 0.2) is 5.11 Å². The Hall–Kier alpha value is -2.15. The lowest BCUT2D eigenvalue weighted by Gasteiger charge is -2.32. The van der Waals surface area contributed by atoms with Gasteiger partial charge in [0.05, 0.1) is 11.1 Å². The maximum Gasteiger partial charge on any atom is 0.416 e. The normalized spacial score (nSPS) is 16.4. The molecule has 0 atom stereocenters. The Kier molecular flexibility index (Phi) is 4.94. The number of pyridine rings is 1. The molecule has 1 heterocycles. The molecule has 1 aromatic carbocycles. The van der Waals surface area contributed by atoms with Crippen molar-refractivity contribution in [2.45, 2.75) is 37.4 Å². The van der Waals surface area contributed by atoms with Gasteiger partial charge in [-0.3, -0.25) is 4.98 Å². The van der Waals surface area contributed by atoms with Crippen LogP contribution in [-0.2, 0) is 11.7 Å². The van der Waals surface area contributed by atoms with Crippen LogP contribution in [0.15, 0.2) is 48.8 Å². The molecule has 1 aromatic heterocycles. The number of aromatic nitrogens is 1. The van der Waals surface area contributed by atoms with Crippen LogP contribution in [0.4, 0.5) is 18.9 Å². The fourth-order valence-corrected chi connectivity index (χ4v) is 3.57. The zero-order valence-electron chi connectivity index (χ0n) is 13.4. The van der Waals surface area contributed by atoms with E-state index in [1.165, 1.54) is 12.1 Å². The molecule has 0 unspecified atom stereocenters. The van der Waals surface area contributed by atoms with Crippen molar-refractivity contribution in [1.82, 2.24) is 10.3 Å². The molecular weight excluding hydrogens is 347 g/mol. The highest BCUT2D eigenvalue weighted by atomic mass is 32.1. The Morgan fingerprint density at radius 1 is 1.00 bits per heavy atom. The molecule has 0 amide bonds. The monoisotopic (exact) mass is 365 g/mol. The molecule has 1 aliphatic carbocycles. The molecule has 1 saturated carbocycles. The Labute approximate surface area is 149 Å². The number of benzene rings is 1. The molecule has 0 bridgehead atoms. The van der Waals surface area contributed by atoms with Crippen molar-refractivity contribution in [3.63, 3.8) is 0 Å². The largest absolute Gasteiger partial charge is 0.416 e. The van der Waals surface area contributed by atoms with Crippen molar-refractivity contribution < 1.29 is 13.2 Å². The minimum atomic E-state index is -4.34. The first-order valence-electron chi connectivity index (χ1n) is 8.06. The minimum absolute atomic E-state index is 0.251. The fraction of sp³-hybridized carbons (Fsp3) is 0.333. The molecule has 3 nitrogen and oxygen atoms in total. The van der Waals surface area contributed by atoms with Gasteiger partial charge in [0.2, 0.25) is 0 Å². The molecule has 2 N–H and O–H groups in total. The number of nitrogens with one attached hydrogen (secondary N) is 2. The summed E-state index contributed by atoms with van der Waals surface area (Å²) in [5, 5.41) is 6.75. The van der Waals surface area contributed by atoms with Crippen LogP contribution >= 0.6 is 12.2 Å². The van der Waals surface area contributed by atoms with Crippen LogP contribution in [0.3, 0.4) is 0 Å². The second-order valence-electron chi connectivity index (χ2n) is 6.18. The van der Waals surface area contributed by atoms with Gasteiger partial charge in [0.25, 0.3) is 0 Å². The number of rotatable bonds is 3. The van der Waals surface area contributed by atoms with E-state index in [0.29, 0.717) is 10.8 Å². The third kappa shape index (κ3) is 4.10. The zero-order valence-corrected chi connectivity index (χ0v) is 14.3. The van der Waals surface area contributed by atoms with E-state index in [-0.39, 0.29) is 5.54 Å². The molecule has 132 valence electrons. The first-order chi connectivity index (χ1) is 11.9. The van der Waals surface area contributed by atoms with E-state index in [9.17, 15) is 13.2 Å². The van der Waals surface area contributed by atoms with E-state index in [1.807, 2.05) is 12.1 Å². The highest BCUT2D eigenvalue weighted by Crippen LogP contribution is 2.38. The van der Waals surface area contributed by atoms with Gasteiger partial charge in [0.1, 0.15) is 0 Å². The number of alkyl halides is 3. The maximum absolute atomic E-state index is 12.6. The van der Waals surface area contributed by atoms with Crippen LogP contribution in [-0.4, -0.2) is 10.1 Å². The van der Waals surface area contributed by atoms with Gasteiger partial charge in [-0.05, 0) is 67.0 Å². The van der Waals surface area contributed by atoms with Crippen molar-refractivity contribution in [1.29, 1.82) is 0 Å². The number of halogens is 3. The zero-order chi connectivity index (χ0) is 17.9. The number of thiocarbonyl (C=S) groups is 1. The first-order valence-corrected chi connectivity index (χ1v) is 8.47. The summed E-state index contributed by atoms with van der Waals surface area (Å²) in [6.45, 7) is 0. The van der Waals surface area contributed by atoms with Crippen molar-refractivity contribution in [3.05, 3.63) is 59.9 Å². The third-order valence-electron chi connectivity index (χ3n) is 4.51. The number of nitrogens with zero attached hydrogens (tertiary/aromatic N) is 1. The van der Waals surface area contributed by atoms with E-state index in [0.717, 1.165) is 43.4 Å². The van der Waals surface area contributed by atoms with E-state index in [2.05, 4.69) is 15.6 Å². The lowest BCUT2D eigenvalue weighted by atomic mass is 9.89. The van der Waals surface area contributed by atoms with Gasteiger partial charge in [-0.2, -0.15) is 13.2 Å². The average molecular weight is 365 g/mol. The van der Waals surface area contributed by atoms with Gasteiger partial charge in [-0.1, -0.05) is 12.8 Å². The predicted molar refractivity (Wildman–Crippen MR) is 95.2 cm³/mol. The van der Waals surface area contributed by atoms with Crippen LogP contribution in [0.5, 0.6) is 0 Å². The SMILES string of the molecule is FC(F)(F)c1ccc(NC(=S)NC2(c3ccncc3)CCCC2)cc1. The summed E-state index contributed by atoms with van der Waals surface area (Å²) in [6.07, 6.45) is 3.26. The number of hydrogen-bond acceptors (Lipinski definition) is 2. The second-order valence-corrected chi connectivity index (χ2v) is 6.59. The van der Waals surface area contributed by atoms with Crippen molar-refractivity contribution in [2.75, 3.05) is 5.32 Å². The number of hydrogen-bond donors (Lipinski definition) is 2.